The third kappa shape index (κ3) is 4.35. The van der Waals surface area contributed by atoms with Gasteiger partial charge in [0.1, 0.15) is 0 Å². The second-order valence-electron chi connectivity index (χ2n) is 8.09. The van der Waals surface area contributed by atoms with Gasteiger partial charge in [-0.2, -0.15) is 14.6 Å². The van der Waals surface area contributed by atoms with Crippen molar-refractivity contribution in [1.82, 2.24) is 19.6 Å². The molecule has 1 N–H and O–H groups in total. The first-order valence-corrected chi connectivity index (χ1v) is 8.84. The van der Waals surface area contributed by atoms with Crippen molar-refractivity contribution < 1.29 is 0 Å². The van der Waals surface area contributed by atoms with E-state index in [1.807, 2.05) is 17.0 Å². The number of thioether (sulfide) groups is 1. The number of anilines is 1. The predicted molar refractivity (Wildman–Crippen MR) is 93.7 cm³/mol. The van der Waals surface area contributed by atoms with Crippen molar-refractivity contribution in [3.05, 3.63) is 11.8 Å². The minimum absolute atomic E-state index is 0.179. The summed E-state index contributed by atoms with van der Waals surface area (Å²) in [7, 11) is 0. The van der Waals surface area contributed by atoms with E-state index >= 15 is 0 Å². The molecule has 0 aliphatic carbocycles. The highest BCUT2D eigenvalue weighted by molar-refractivity contribution is 7.98. The molecule has 0 unspecified atom stereocenters. The van der Waals surface area contributed by atoms with Crippen molar-refractivity contribution in [2.24, 2.45) is 10.8 Å². The second-order valence-corrected chi connectivity index (χ2v) is 8.86. The molecule has 22 heavy (non-hydrogen) atoms. The van der Waals surface area contributed by atoms with E-state index < -0.39 is 0 Å². The maximum absolute atomic E-state index is 4.66. The number of hydrogen-bond acceptors (Lipinski definition) is 5. The molecule has 2 aromatic heterocycles. The van der Waals surface area contributed by atoms with E-state index in [9.17, 15) is 0 Å². The zero-order chi connectivity index (χ0) is 16.5. The number of nitrogens with zero attached hydrogens (tertiary/aromatic N) is 4. The third-order valence-corrected chi connectivity index (χ3v) is 3.65. The standard InChI is InChI=1S/C16H27N5S/c1-15(2,3)8-11-9-18-21-12(11)19-14(22-7)20-13(21)17-10-16(4,5)6/h9H,8,10H2,1-7H3,(H,17,19,20). The molecule has 5 nitrogen and oxygen atoms in total. The molecule has 0 aliphatic rings. The molecule has 0 atom stereocenters. The molecule has 0 aromatic carbocycles. The molecule has 0 aliphatic heterocycles. The maximum atomic E-state index is 4.66. The summed E-state index contributed by atoms with van der Waals surface area (Å²) in [4.78, 5) is 9.23. The lowest BCUT2D eigenvalue weighted by molar-refractivity contribution is 0.412. The van der Waals surface area contributed by atoms with Crippen molar-refractivity contribution in [1.29, 1.82) is 0 Å². The molecule has 6 heteroatoms. The lowest BCUT2D eigenvalue weighted by Crippen LogP contribution is -2.21. The molecule has 2 rings (SSSR count). The van der Waals surface area contributed by atoms with Crippen LogP contribution in [0.15, 0.2) is 11.4 Å². The van der Waals surface area contributed by atoms with Gasteiger partial charge in [0, 0.05) is 12.1 Å². The number of fused-ring (bicyclic) bond motifs is 1. The third-order valence-electron chi connectivity index (χ3n) is 3.10. The normalized spacial score (nSPS) is 12.9. The van der Waals surface area contributed by atoms with Gasteiger partial charge in [-0.3, -0.25) is 0 Å². The number of rotatable bonds is 4. The van der Waals surface area contributed by atoms with Crippen molar-refractivity contribution in [3.63, 3.8) is 0 Å². The number of aromatic nitrogens is 4. The van der Waals surface area contributed by atoms with E-state index in [2.05, 4.69) is 61.9 Å². The van der Waals surface area contributed by atoms with Crippen LogP contribution >= 0.6 is 11.8 Å². The largest absolute Gasteiger partial charge is 0.354 e. The molecule has 122 valence electrons. The summed E-state index contributed by atoms with van der Waals surface area (Å²) in [5.74, 6) is 0.768. The summed E-state index contributed by atoms with van der Waals surface area (Å²) < 4.78 is 1.83. The fraction of sp³-hybridized carbons (Fsp3) is 0.688. The van der Waals surface area contributed by atoms with E-state index in [0.29, 0.717) is 0 Å². The topological polar surface area (TPSA) is 55.1 Å². The van der Waals surface area contributed by atoms with E-state index in [4.69, 9.17) is 0 Å². The fourth-order valence-corrected chi connectivity index (χ4v) is 2.51. The Hall–Kier alpha value is -1.30. The Kier molecular flexibility index (Phi) is 4.70. The fourth-order valence-electron chi connectivity index (χ4n) is 2.15. The van der Waals surface area contributed by atoms with E-state index in [1.54, 1.807) is 11.8 Å². The minimum atomic E-state index is 0.179. The second kappa shape index (κ2) is 6.07. The molecule has 2 heterocycles. The Morgan fingerprint density at radius 3 is 2.32 bits per heavy atom. The molecule has 0 saturated carbocycles. The molecule has 2 aromatic rings. The van der Waals surface area contributed by atoms with Crippen molar-refractivity contribution in [2.75, 3.05) is 18.1 Å². The van der Waals surface area contributed by atoms with Gasteiger partial charge >= 0.3 is 0 Å². The highest BCUT2D eigenvalue weighted by Gasteiger charge is 2.19. The molecular weight excluding hydrogens is 294 g/mol. The lowest BCUT2D eigenvalue weighted by Gasteiger charge is -2.19. The Morgan fingerprint density at radius 2 is 1.77 bits per heavy atom. The van der Waals surface area contributed by atoms with Crippen LogP contribution in [0.1, 0.15) is 47.1 Å². The first-order chi connectivity index (χ1) is 10.1. The van der Waals surface area contributed by atoms with Gasteiger partial charge in [-0.25, -0.2) is 4.98 Å². The number of nitrogens with one attached hydrogen (secondary N) is 1. The minimum Gasteiger partial charge on any atom is -0.354 e. The molecule has 0 fully saturated rings. The van der Waals surface area contributed by atoms with Crippen LogP contribution in [0.2, 0.25) is 0 Å². The van der Waals surface area contributed by atoms with Crippen LogP contribution in [-0.4, -0.2) is 32.4 Å². The lowest BCUT2D eigenvalue weighted by atomic mass is 9.89. The summed E-state index contributed by atoms with van der Waals surface area (Å²) in [6, 6.07) is 0. The maximum Gasteiger partial charge on any atom is 0.228 e. The quantitative estimate of drug-likeness (QED) is 0.866. The van der Waals surface area contributed by atoms with Crippen molar-refractivity contribution in [3.8, 4) is 0 Å². The van der Waals surface area contributed by atoms with E-state index in [-0.39, 0.29) is 10.8 Å². The van der Waals surface area contributed by atoms with E-state index in [0.717, 1.165) is 29.7 Å². The molecule has 0 bridgehead atoms. The Balaban J connectivity index is 2.44. The summed E-state index contributed by atoms with van der Waals surface area (Å²) in [5.41, 5.74) is 2.46. The summed E-state index contributed by atoms with van der Waals surface area (Å²) in [6.45, 7) is 14.1. The monoisotopic (exact) mass is 321 g/mol. The molecule has 0 amide bonds. The van der Waals surface area contributed by atoms with Crippen LogP contribution in [0.25, 0.3) is 5.65 Å². The SMILES string of the molecule is CSc1nc(NCC(C)(C)C)n2ncc(CC(C)(C)C)c2n1. The molecular formula is C16H27N5S. The van der Waals surface area contributed by atoms with Gasteiger partial charge in [-0.05, 0) is 23.5 Å². The van der Waals surface area contributed by atoms with Crippen LogP contribution in [0.4, 0.5) is 5.95 Å². The molecule has 0 saturated heterocycles. The summed E-state index contributed by atoms with van der Waals surface area (Å²) >= 11 is 1.56. The van der Waals surface area contributed by atoms with Gasteiger partial charge in [0.2, 0.25) is 5.95 Å². The van der Waals surface area contributed by atoms with Gasteiger partial charge in [-0.1, -0.05) is 53.3 Å². The Labute approximate surface area is 137 Å². The van der Waals surface area contributed by atoms with Crippen molar-refractivity contribution >= 4 is 23.4 Å². The first kappa shape index (κ1) is 17.1. The van der Waals surface area contributed by atoms with Crippen LogP contribution in [-0.2, 0) is 6.42 Å². The van der Waals surface area contributed by atoms with Crippen LogP contribution in [0.5, 0.6) is 0 Å². The number of hydrogen-bond donors (Lipinski definition) is 1. The zero-order valence-electron chi connectivity index (χ0n) is 14.7. The zero-order valence-corrected chi connectivity index (χ0v) is 15.5. The average molecular weight is 321 g/mol. The molecule has 0 radical (unpaired) electrons. The Bertz CT molecular complexity index is 649. The molecule has 0 spiro atoms. The Morgan fingerprint density at radius 1 is 1.09 bits per heavy atom. The first-order valence-electron chi connectivity index (χ1n) is 7.62. The van der Waals surface area contributed by atoms with Gasteiger partial charge in [-0.15, -0.1) is 0 Å². The summed E-state index contributed by atoms with van der Waals surface area (Å²) in [6.07, 6.45) is 4.86. The highest BCUT2D eigenvalue weighted by Crippen LogP contribution is 2.25. The van der Waals surface area contributed by atoms with Crippen LogP contribution in [0.3, 0.4) is 0 Å². The van der Waals surface area contributed by atoms with Crippen LogP contribution < -0.4 is 5.32 Å². The van der Waals surface area contributed by atoms with Gasteiger partial charge < -0.3 is 5.32 Å². The predicted octanol–water partition coefficient (Wildman–Crippen LogP) is 3.89. The van der Waals surface area contributed by atoms with Crippen molar-refractivity contribution in [2.45, 2.75) is 53.1 Å². The van der Waals surface area contributed by atoms with E-state index in [1.165, 1.54) is 5.56 Å². The van der Waals surface area contributed by atoms with Gasteiger partial charge in [0.05, 0.1) is 6.20 Å². The average Bonchev–Trinajstić information content (AvgIpc) is 2.76. The van der Waals surface area contributed by atoms with Gasteiger partial charge in [0.15, 0.2) is 10.8 Å². The van der Waals surface area contributed by atoms with Gasteiger partial charge in [0.25, 0.3) is 0 Å². The smallest absolute Gasteiger partial charge is 0.228 e. The highest BCUT2D eigenvalue weighted by atomic mass is 32.2. The van der Waals surface area contributed by atoms with Crippen LogP contribution in [0, 0.1) is 10.8 Å². The summed E-state index contributed by atoms with van der Waals surface area (Å²) in [5, 5.41) is 8.69.